The Labute approximate surface area is 151 Å². The number of primary amides is 1. The number of benzene rings is 2. The van der Waals surface area contributed by atoms with E-state index < -0.39 is 11.7 Å². The van der Waals surface area contributed by atoms with Crippen LogP contribution in [0, 0.1) is 11.7 Å². The van der Waals surface area contributed by atoms with E-state index in [1.165, 1.54) is 12.1 Å². The van der Waals surface area contributed by atoms with Crippen LogP contribution in [0.15, 0.2) is 36.4 Å². The minimum absolute atomic E-state index is 0.00387. The first kappa shape index (κ1) is 18.1. The summed E-state index contributed by atoms with van der Waals surface area (Å²) in [6.07, 6.45) is 0. The zero-order valence-electron chi connectivity index (χ0n) is 14.7. The van der Waals surface area contributed by atoms with Crippen molar-refractivity contribution in [1.29, 1.82) is 0 Å². The summed E-state index contributed by atoms with van der Waals surface area (Å²) in [4.78, 5) is 26.0. The molecule has 2 amide bonds. The third-order valence-corrected chi connectivity index (χ3v) is 5.13. The van der Waals surface area contributed by atoms with Gasteiger partial charge in [-0.1, -0.05) is 32.0 Å². The summed E-state index contributed by atoms with van der Waals surface area (Å²) >= 11 is 0. The Morgan fingerprint density at radius 1 is 1.19 bits per heavy atom. The SMILES string of the molecule is CC1C(=O)N(Cc2ccc(CO)c(F)c2)c2cc(C(N)=O)ccc2C1C. The van der Waals surface area contributed by atoms with Crippen LogP contribution in [-0.2, 0) is 17.9 Å². The molecule has 0 aromatic heterocycles. The fourth-order valence-electron chi connectivity index (χ4n) is 3.33. The van der Waals surface area contributed by atoms with Crippen molar-refractivity contribution in [2.75, 3.05) is 4.90 Å². The summed E-state index contributed by atoms with van der Waals surface area (Å²) in [5.74, 6) is -1.39. The van der Waals surface area contributed by atoms with Crippen molar-refractivity contribution in [1.82, 2.24) is 0 Å². The standard InChI is InChI=1S/C20H21FN2O3/c1-11-12(2)20(26)23(9-13-3-4-15(10-24)17(21)7-13)18-8-14(19(22)25)5-6-16(11)18/h3-8,11-12,24H,9-10H2,1-2H3,(H2,22,25). The predicted molar refractivity (Wildman–Crippen MR) is 96.1 cm³/mol. The molecule has 0 saturated carbocycles. The minimum atomic E-state index is -0.565. The third kappa shape index (κ3) is 3.08. The van der Waals surface area contributed by atoms with Gasteiger partial charge in [0.1, 0.15) is 5.82 Å². The highest BCUT2D eigenvalue weighted by Gasteiger charge is 2.35. The molecule has 1 aliphatic rings. The average molecular weight is 356 g/mol. The number of amides is 2. The smallest absolute Gasteiger partial charge is 0.248 e. The number of rotatable bonds is 4. The van der Waals surface area contributed by atoms with E-state index in [9.17, 15) is 14.0 Å². The first-order chi connectivity index (χ1) is 12.3. The highest BCUT2D eigenvalue weighted by atomic mass is 19.1. The van der Waals surface area contributed by atoms with Crippen LogP contribution < -0.4 is 10.6 Å². The molecule has 0 saturated heterocycles. The molecule has 3 rings (SSSR count). The monoisotopic (exact) mass is 356 g/mol. The number of carbonyl (C=O) groups excluding carboxylic acids is 2. The van der Waals surface area contributed by atoms with Gasteiger partial charge in [-0.05, 0) is 35.2 Å². The first-order valence-corrected chi connectivity index (χ1v) is 8.46. The molecule has 2 aromatic rings. The van der Waals surface area contributed by atoms with Gasteiger partial charge in [0.25, 0.3) is 0 Å². The molecule has 0 spiro atoms. The van der Waals surface area contributed by atoms with Crippen LogP contribution >= 0.6 is 0 Å². The van der Waals surface area contributed by atoms with Crippen LogP contribution in [0.3, 0.4) is 0 Å². The van der Waals surface area contributed by atoms with E-state index in [4.69, 9.17) is 10.8 Å². The lowest BCUT2D eigenvalue weighted by Crippen LogP contribution is -2.41. The fraction of sp³-hybridized carbons (Fsp3) is 0.300. The lowest BCUT2D eigenvalue weighted by Gasteiger charge is -2.37. The molecule has 2 atom stereocenters. The Kier molecular flexibility index (Phi) is 4.78. The number of halogens is 1. The number of aliphatic hydroxyl groups is 1. The van der Waals surface area contributed by atoms with E-state index in [0.29, 0.717) is 16.8 Å². The average Bonchev–Trinajstić information content (AvgIpc) is 2.63. The number of aliphatic hydroxyl groups excluding tert-OH is 1. The largest absolute Gasteiger partial charge is 0.392 e. The number of nitrogens with zero attached hydrogens (tertiary/aromatic N) is 1. The molecule has 0 bridgehead atoms. The van der Waals surface area contributed by atoms with Gasteiger partial charge < -0.3 is 15.7 Å². The van der Waals surface area contributed by atoms with E-state index >= 15 is 0 Å². The molecule has 0 aliphatic carbocycles. The third-order valence-electron chi connectivity index (χ3n) is 5.13. The lowest BCUT2D eigenvalue weighted by molar-refractivity contribution is -0.123. The van der Waals surface area contributed by atoms with Gasteiger partial charge in [0.2, 0.25) is 11.8 Å². The molecular formula is C20H21FN2O3. The normalized spacial score (nSPS) is 19.4. The predicted octanol–water partition coefficient (Wildman–Crippen LogP) is 2.70. The van der Waals surface area contributed by atoms with Crippen LogP contribution in [0.4, 0.5) is 10.1 Å². The fourth-order valence-corrected chi connectivity index (χ4v) is 3.33. The van der Waals surface area contributed by atoms with E-state index in [1.807, 2.05) is 19.9 Å². The number of hydrogen-bond donors (Lipinski definition) is 2. The van der Waals surface area contributed by atoms with Crippen LogP contribution in [-0.4, -0.2) is 16.9 Å². The van der Waals surface area contributed by atoms with Gasteiger partial charge in [-0.3, -0.25) is 9.59 Å². The molecule has 6 heteroatoms. The van der Waals surface area contributed by atoms with Crippen molar-refractivity contribution in [3.8, 4) is 0 Å². The second-order valence-electron chi connectivity index (χ2n) is 6.72. The molecule has 1 aliphatic heterocycles. The maximum atomic E-state index is 14.0. The zero-order chi connectivity index (χ0) is 19.0. The van der Waals surface area contributed by atoms with Crippen molar-refractivity contribution >= 4 is 17.5 Å². The molecular weight excluding hydrogens is 335 g/mol. The van der Waals surface area contributed by atoms with E-state index in [1.54, 1.807) is 23.1 Å². The second kappa shape index (κ2) is 6.88. The highest BCUT2D eigenvalue weighted by molar-refractivity contribution is 6.01. The van der Waals surface area contributed by atoms with Gasteiger partial charge >= 0.3 is 0 Å². The lowest BCUT2D eigenvalue weighted by atomic mass is 9.82. The quantitative estimate of drug-likeness (QED) is 0.883. The molecule has 1 heterocycles. The van der Waals surface area contributed by atoms with Crippen molar-refractivity contribution in [2.24, 2.45) is 11.7 Å². The molecule has 0 radical (unpaired) electrons. The molecule has 26 heavy (non-hydrogen) atoms. The maximum absolute atomic E-state index is 14.0. The van der Waals surface area contributed by atoms with Gasteiger partial charge in [0, 0.05) is 22.7 Å². The van der Waals surface area contributed by atoms with E-state index in [0.717, 1.165) is 5.56 Å². The summed E-state index contributed by atoms with van der Waals surface area (Å²) in [7, 11) is 0. The van der Waals surface area contributed by atoms with Gasteiger partial charge in [0.15, 0.2) is 0 Å². The minimum Gasteiger partial charge on any atom is -0.392 e. The Balaban J connectivity index is 2.04. The van der Waals surface area contributed by atoms with E-state index in [2.05, 4.69) is 0 Å². The number of carbonyl (C=O) groups is 2. The summed E-state index contributed by atoms with van der Waals surface area (Å²) in [5.41, 5.74) is 8.09. The van der Waals surface area contributed by atoms with Crippen molar-refractivity contribution in [3.05, 3.63) is 64.5 Å². The summed E-state index contributed by atoms with van der Waals surface area (Å²) in [6.45, 7) is 3.63. The van der Waals surface area contributed by atoms with Crippen LogP contribution in [0.2, 0.25) is 0 Å². The van der Waals surface area contributed by atoms with Gasteiger partial charge in [-0.25, -0.2) is 4.39 Å². The topological polar surface area (TPSA) is 83.6 Å². The first-order valence-electron chi connectivity index (χ1n) is 8.46. The summed E-state index contributed by atoms with van der Waals surface area (Å²) in [5, 5.41) is 9.10. The maximum Gasteiger partial charge on any atom is 0.248 e. The zero-order valence-corrected chi connectivity index (χ0v) is 14.7. The number of fused-ring (bicyclic) bond motifs is 1. The molecule has 3 N–H and O–H groups in total. The van der Waals surface area contributed by atoms with E-state index in [-0.39, 0.29) is 36.5 Å². The van der Waals surface area contributed by atoms with Crippen molar-refractivity contribution in [2.45, 2.75) is 32.9 Å². The summed E-state index contributed by atoms with van der Waals surface area (Å²) in [6, 6.07) is 9.61. The number of anilines is 1. The Morgan fingerprint density at radius 3 is 2.54 bits per heavy atom. The van der Waals surface area contributed by atoms with Crippen molar-refractivity contribution < 1.29 is 19.1 Å². The Bertz CT molecular complexity index is 881. The molecule has 2 aromatic carbocycles. The van der Waals surface area contributed by atoms with Crippen molar-refractivity contribution in [3.63, 3.8) is 0 Å². The highest BCUT2D eigenvalue weighted by Crippen LogP contribution is 2.40. The van der Waals surface area contributed by atoms with Gasteiger partial charge in [-0.2, -0.15) is 0 Å². The van der Waals surface area contributed by atoms with Crippen LogP contribution in [0.25, 0.3) is 0 Å². The molecule has 136 valence electrons. The number of nitrogens with two attached hydrogens (primary N) is 1. The van der Waals surface area contributed by atoms with Crippen LogP contribution in [0.1, 0.15) is 46.8 Å². The van der Waals surface area contributed by atoms with Crippen LogP contribution in [0.5, 0.6) is 0 Å². The molecule has 0 fully saturated rings. The molecule has 5 nitrogen and oxygen atoms in total. The second-order valence-corrected chi connectivity index (χ2v) is 6.72. The molecule has 2 unspecified atom stereocenters. The van der Waals surface area contributed by atoms with Gasteiger partial charge in [-0.15, -0.1) is 0 Å². The number of hydrogen-bond acceptors (Lipinski definition) is 3. The summed E-state index contributed by atoms with van der Waals surface area (Å²) < 4.78 is 14.0. The Hall–Kier alpha value is -2.73. The Morgan fingerprint density at radius 2 is 1.92 bits per heavy atom. The van der Waals surface area contributed by atoms with Gasteiger partial charge in [0.05, 0.1) is 13.2 Å².